The Morgan fingerprint density at radius 2 is 2.06 bits per heavy atom. The molecule has 0 unspecified atom stereocenters. The Morgan fingerprint density at radius 1 is 1.22 bits per heavy atom. The average Bonchev–Trinajstić information content (AvgIpc) is 2.87. The van der Waals surface area contributed by atoms with Crippen LogP contribution in [0.4, 0.5) is 0 Å². The lowest BCUT2D eigenvalue weighted by Gasteiger charge is -2.04. The summed E-state index contributed by atoms with van der Waals surface area (Å²) in [6.45, 7) is 1.04. The number of amides is 1. The molecule has 1 aromatic rings. The van der Waals surface area contributed by atoms with E-state index in [1.54, 1.807) is 11.3 Å². The van der Waals surface area contributed by atoms with E-state index in [-0.39, 0.29) is 12.5 Å². The van der Waals surface area contributed by atoms with Crippen LogP contribution in [0.15, 0.2) is 17.5 Å². The zero-order valence-corrected chi connectivity index (χ0v) is 11.7. The summed E-state index contributed by atoms with van der Waals surface area (Å²) in [4.78, 5) is 12.9. The average molecular weight is 269 g/mol. The number of nitrogens with one attached hydrogen (secondary N) is 1. The molecule has 1 rings (SSSR count). The summed E-state index contributed by atoms with van der Waals surface area (Å²) in [5.41, 5.74) is 0. The van der Waals surface area contributed by atoms with E-state index in [2.05, 4.69) is 16.8 Å². The van der Waals surface area contributed by atoms with Gasteiger partial charge in [0.2, 0.25) is 5.91 Å². The van der Waals surface area contributed by atoms with E-state index in [1.165, 1.54) is 4.88 Å². The molecule has 102 valence electrons. The standard InChI is InChI=1S/C14H23NO2S/c16-11-4-2-1-3-10-15-14(17)9-5-7-13-8-6-12-18-13/h6,8,12,16H,1-5,7,9-11H2,(H,15,17). The molecule has 18 heavy (non-hydrogen) atoms. The number of thiophene rings is 1. The van der Waals surface area contributed by atoms with Crippen molar-refractivity contribution in [3.63, 3.8) is 0 Å². The van der Waals surface area contributed by atoms with E-state index in [1.807, 2.05) is 6.07 Å². The Hall–Kier alpha value is -0.870. The first-order valence-corrected chi connectivity index (χ1v) is 7.61. The van der Waals surface area contributed by atoms with Crippen LogP contribution in [0.1, 0.15) is 43.4 Å². The van der Waals surface area contributed by atoms with Crippen molar-refractivity contribution >= 4 is 17.2 Å². The number of unbranched alkanes of at least 4 members (excludes halogenated alkanes) is 3. The smallest absolute Gasteiger partial charge is 0.220 e. The van der Waals surface area contributed by atoms with Gasteiger partial charge in [0.1, 0.15) is 0 Å². The number of aliphatic hydroxyl groups excluding tert-OH is 1. The van der Waals surface area contributed by atoms with Gasteiger partial charge in [-0.25, -0.2) is 0 Å². The van der Waals surface area contributed by atoms with Crippen molar-refractivity contribution in [2.45, 2.75) is 44.9 Å². The lowest BCUT2D eigenvalue weighted by atomic mass is 10.2. The van der Waals surface area contributed by atoms with Crippen LogP contribution in [0.3, 0.4) is 0 Å². The van der Waals surface area contributed by atoms with Crippen LogP contribution in [0.5, 0.6) is 0 Å². The Labute approximate surface area is 113 Å². The molecular formula is C14H23NO2S. The maximum atomic E-state index is 11.5. The van der Waals surface area contributed by atoms with Gasteiger partial charge in [-0.2, -0.15) is 0 Å². The molecule has 0 bridgehead atoms. The Bertz CT molecular complexity index is 312. The third-order valence-corrected chi connectivity index (χ3v) is 3.75. The molecule has 1 amide bonds. The van der Waals surface area contributed by atoms with Crippen LogP contribution < -0.4 is 5.32 Å². The predicted octanol–water partition coefficient (Wildman–Crippen LogP) is 2.74. The van der Waals surface area contributed by atoms with Crippen LogP contribution in [-0.4, -0.2) is 24.2 Å². The number of aryl methyl sites for hydroxylation is 1. The fraction of sp³-hybridized carbons (Fsp3) is 0.643. The van der Waals surface area contributed by atoms with Crippen LogP contribution >= 0.6 is 11.3 Å². The van der Waals surface area contributed by atoms with Gasteiger partial charge in [0.05, 0.1) is 0 Å². The van der Waals surface area contributed by atoms with E-state index in [0.717, 1.165) is 45.1 Å². The number of hydrogen-bond donors (Lipinski definition) is 2. The SMILES string of the molecule is O=C(CCCc1cccs1)NCCCCCCO. The maximum absolute atomic E-state index is 11.5. The van der Waals surface area contributed by atoms with E-state index < -0.39 is 0 Å². The van der Waals surface area contributed by atoms with Gasteiger partial charge in [0.25, 0.3) is 0 Å². The molecular weight excluding hydrogens is 246 g/mol. The van der Waals surface area contributed by atoms with E-state index in [9.17, 15) is 4.79 Å². The lowest BCUT2D eigenvalue weighted by Crippen LogP contribution is -2.24. The third-order valence-electron chi connectivity index (χ3n) is 2.81. The summed E-state index contributed by atoms with van der Waals surface area (Å²) in [6, 6.07) is 4.16. The highest BCUT2D eigenvalue weighted by molar-refractivity contribution is 7.09. The van der Waals surface area contributed by atoms with E-state index in [4.69, 9.17) is 5.11 Å². The van der Waals surface area contributed by atoms with Crippen molar-refractivity contribution in [2.24, 2.45) is 0 Å². The largest absolute Gasteiger partial charge is 0.396 e. The highest BCUT2D eigenvalue weighted by Gasteiger charge is 2.01. The monoisotopic (exact) mass is 269 g/mol. The van der Waals surface area contributed by atoms with Gasteiger partial charge >= 0.3 is 0 Å². The minimum atomic E-state index is 0.161. The molecule has 0 spiro atoms. The molecule has 0 saturated carbocycles. The van der Waals surface area contributed by atoms with Gasteiger partial charge in [0.15, 0.2) is 0 Å². The van der Waals surface area contributed by atoms with Crippen molar-refractivity contribution in [1.29, 1.82) is 0 Å². The quantitative estimate of drug-likeness (QED) is 0.642. The topological polar surface area (TPSA) is 49.3 Å². The Balaban J connectivity index is 1.91. The molecule has 0 saturated heterocycles. The number of aliphatic hydroxyl groups is 1. The molecule has 0 aliphatic rings. The zero-order valence-electron chi connectivity index (χ0n) is 10.9. The molecule has 1 heterocycles. The van der Waals surface area contributed by atoms with E-state index >= 15 is 0 Å². The molecule has 0 aliphatic heterocycles. The highest BCUT2D eigenvalue weighted by Crippen LogP contribution is 2.11. The third kappa shape index (κ3) is 7.45. The van der Waals surface area contributed by atoms with Crippen LogP contribution in [-0.2, 0) is 11.2 Å². The van der Waals surface area contributed by atoms with Crippen LogP contribution in [0, 0.1) is 0 Å². The summed E-state index contributed by atoms with van der Waals surface area (Å²) in [5.74, 6) is 0.161. The maximum Gasteiger partial charge on any atom is 0.220 e. The summed E-state index contributed by atoms with van der Waals surface area (Å²) in [7, 11) is 0. The summed E-state index contributed by atoms with van der Waals surface area (Å²) < 4.78 is 0. The first kappa shape index (κ1) is 15.2. The molecule has 0 aromatic carbocycles. The first-order valence-electron chi connectivity index (χ1n) is 6.73. The molecule has 0 atom stereocenters. The minimum Gasteiger partial charge on any atom is -0.396 e. The number of hydrogen-bond acceptors (Lipinski definition) is 3. The fourth-order valence-electron chi connectivity index (χ4n) is 1.78. The number of carbonyl (C=O) groups excluding carboxylic acids is 1. The molecule has 2 N–H and O–H groups in total. The number of carbonyl (C=O) groups is 1. The molecule has 3 nitrogen and oxygen atoms in total. The van der Waals surface area contributed by atoms with E-state index in [0.29, 0.717) is 6.42 Å². The summed E-state index contributed by atoms with van der Waals surface area (Å²) in [6.07, 6.45) is 6.55. The van der Waals surface area contributed by atoms with Crippen molar-refractivity contribution in [3.8, 4) is 0 Å². The van der Waals surface area contributed by atoms with Gasteiger partial charge in [-0.3, -0.25) is 4.79 Å². The van der Waals surface area contributed by atoms with Crippen molar-refractivity contribution in [1.82, 2.24) is 5.32 Å². The number of rotatable bonds is 10. The van der Waals surface area contributed by atoms with Crippen molar-refractivity contribution in [3.05, 3.63) is 22.4 Å². The van der Waals surface area contributed by atoms with Gasteiger partial charge in [-0.1, -0.05) is 18.9 Å². The van der Waals surface area contributed by atoms with Crippen LogP contribution in [0.2, 0.25) is 0 Å². The van der Waals surface area contributed by atoms with Crippen LogP contribution in [0.25, 0.3) is 0 Å². The second-order valence-corrected chi connectivity index (χ2v) is 5.45. The molecule has 1 aromatic heterocycles. The Morgan fingerprint density at radius 3 is 2.78 bits per heavy atom. The van der Waals surface area contributed by atoms with Crippen molar-refractivity contribution in [2.75, 3.05) is 13.2 Å². The first-order chi connectivity index (χ1) is 8.83. The molecule has 4 heteroatoms. The summed E-state index contributed by atoms with van der Waals surface area (Å²) >= 11 is 1.75. The van der Waals surface area contributed by atoms with Gasteiger partial charge in [0, 0.05) is 24.4 Å². The van der Waals surface area contributed by atoms with Gasteiger partial charge < -0.3 is 10.4 Å². The van der Waals surface area contributed by atoms with Gasteiger partial charge in [-0.15, -0.1) is 11.3 Å². The highest BCUT2D eigenvalue weighted by atomic mass is 32.1. The zero-order chi connectivity index (χ0) is 13.1. The van der Waals surface area contributed by atoms with Crippen molar-refractivity contribution < 1.29 is 9.90 Å². The predicted molar refractivity (Wildman–Crippen MR) is 75.8 cm³/mol. The fourth-order valence-corrected chi connectivity index (χ4v) is 2.54. The second-order valence-electron chi connectivity index (χ2n) is 4.42. The summed E-state index contributed by atoms with van der Waals surface area (Å²) in [5, 5.41) is 13.6. The second kappa shape index (κ2) is 10.1. The van der Waals surface area contributed by atoms with Gasteiger partial charge in [-0.05, 0) is 37.1 Å². The lowest BCUT2D eigenvalue weighted by molar-refractivity contribution is -0.121. The minimum absolute atomic E-state index is 0.161. The normalized spacial score (nSPS) is 10.5. The Kier molecular flexibility index (Phi) is 8.51. The molecule has 0 aliphatic carbocycles. The molecule has 0 fully saturated rings. The molecule has 0 radical (unpaired) electrons.